The number of carbonyl (C=O) groups is 1. The average Bonchev–Trinajstić information content (AvgIpc) is 3.31. The van der Waals surface area contributed by atoms with Crippen molar-refractivity contribution in [1.82, 2.24) is 15.5 Å². The van der Waals surface area contributed by atoms with Crippen LogP contribution in [0, 0.1) is 5.92 Å². The van der Waals surface area contributed by atoms with E-state index in [2.05, 4.69) is 32.9 Å². The Morgan fingerprint density at radius 3 is 2.87 bits per heavy atom. The van der Waals surface area contributed by atoms with Crippen LogP contribution in [0.1, 0.15) is 28.1 Å². The Bertz CT molecular complexity index is 1160. The predicted molar refractivity (Wildman–Crippen MR) is 119 cm³/mol. The summed E-state index contributed by atoms with van der Waals surface area (Å²) in [7, 11) is 0. The number of rotatable bonds is 8. The summed E-state index contributed by atoms with van der Waals surface area (Å²) in [6, 6.07) is 16.1. The van der Waals surface area contributed by atoms with Gasteiger partial charge in [-0.1, -0.05) is 35.5 Å². The largest absolute Gasteiger partial charge is 0.385 e. The van der Waals surface area contributed by atoms with Crippen LogP contribution in [0.4, 0.5) is 5.69 Å². The first-order valence-electron chi connectivity index (χ1n) is 10.2. The molecule has 0 saturated heterocycles. The van der Waals surface area contributed by atoms with Gasteiger partial charge in [-0.25, -0.2) is 4.98 Å². The molecule has 5 rings (SSSR count). The number of nitrogens with one attached hydrogen (secondary N) is 2. The van der Waals surface area contributed by atoms with Crippen molar-refractivity contribution in [2.75, 3.05) is 18.4 Å². The minimum atomic E-state index is -0.117. The van der Waals surface area contributed by atoms with Gasteiger partial charge in [0.15, 0.2) is 5.58 Å². The molecule has 0 unspecified atom stereocenters. The Hall–Kier alpha value is -3.19. The molecule has 152 valence electrons. The third-order valence-electron chi connectivity index (χ3n) is 5.24. The van der Waals surface area contributed by atoms with E-state index >= 15 is 0 Å². The van der Waals surface area contributed by atoms with Crippen molar-refractivity contribution < 1.29 is 9.32 Å². The van der Waals surface area contributed by atoms with Crippen LogP contribution in [-0.4, -0.2) is 29.1 Å². The highest BCUT2D eigenvalue weighted by Crippen LogP contribution is 2.33. The molecule has 1 fully saturated rings. The van der Waals surface area contributed by atoms with Gasteiger partial charge in [-0.2, -0.15) is 0 Å². The van der Waals surface area contributed by atoms with Crippen LogP contribution in [0.2, 0.25) is 0 Å². The predicted octanol–water partition coefficient (Wildman–Crippen LogP) is 4.75. The lowest BCUT2D eigenvalue weighted by Gasteiger charge is -2.04. The van der Waals surface area contributed by atoms with Crippen LogP contribution < -0.4 is 10.6 Å². The summed E-state index contributed by atoms with van der Waals surface area (Å²) >= 11 is 1.33. The van der Waals surface area contributed by atoms with Crippen molar-refractivity contribution in [2.24, 2.45) is 5.92 Å². The number of anilines is 1. The number of hydrogen-bond donors (Lipinski definition) is 2. The highest BCUT2D eigenvalue weighted by atomic mass is 32.1. The topological polar surface area (TPSA) is 80.1 Å². The molecule has 4 aromatic rings. The summed E-state index contributed by atoms with van der Waals surface area (Å²) in [6.45, 7) is 1.58. The fourth-order valence-electron chi connectivity index (χ4n) is 3.33. The number of thiazole rings is 1. The minimum Gasteiger partial charge on any atom is -0.385 e. The second kappa shape index (κ2) is 8.28. The summed E-state index contributed by atoms with van der Waals surface area (Å²) in [4.78, 5) is 17.4. The summed E-state index contributed by atoms with van der Waals surface area (Å²) < 4.78 is 5.53. The first-order chi connectivity index (χ1) is 14.8. The van der Waals surface area contributed by atoms with E-state index in [9.17, 15) is 4.79 Å². The van der Waals surface area contributed by atoms with E-state index in [-0.39, 0.29) is 5.91 Å². The molecule has 0 spiro atoms. The highest BCUT2D eigenvalue weighted by Gasteiger charge is 2.21. The molecular formula is C23H22N4O2S. The lowest BCUT2D eigenvalue weighted by atomic mass is 10.1. The molecule has 2 aromatic carbocycles. The van der Waals surface area contributed by atoms with Crippen LogP contribution in [0.5, 0.6) is 0 Å². The number of fused-ring (bicyclic) bond motifs is 1. The molecule has 2 aromatic heterocycles. The van der Waals surface area contributed by atoms with Gasteiger partial charge < -0.3 is 15.2 Å². The Balaban J connectivity index is 1.25. The maximum atomic E-state index is 12.5. The number of nitrogens with zero attached hydrogens (tertiary/aromatic N) is 2. The molecule has 30 heavy (non-hydrogen) atoms. The van der Waals surface area contributed by atoms with Crippen LogP contribution >= 0.6 is 11.3 Å². The van der Waals surface area contributed by atoms with Gasteiger partial charge in [0.25, 0.3) is 5.91 Å². The summed E-state index contributed by atoms with van der Waals surface area (Å²) in [5.41, 5.74) is 3.62. The van der Waals surface area contributed by atoms with E-state index in [1.54, 1.807) is 6.20 Å². The van der Waals surface area contributed by atoms with Gasteiger partial charge in [-0.15, -0.1) is 11.3 Å². The first kappa shape index (κ1) is 18.8. The molecule has 2 N–H and O–H groups in total. The van der Waals surface area contributed by atoms with E-state index < -0.39 is 0 Å². The highest BCUT2D eigenvalue weighted by molar-refractivity contribution is 7.17. The lowest BCUT2D eigenvalue weighted by Crippen LogP contribution is -2.24. The maximum absolute atomic E-state index is 12.5. The SMILES string of the molecule is O=C(NCCc1ccccc1)c1cnc(-c2noc3cc(NCC4CC4)ccc23)s1. The van der Waals surface area contributed by atoms with Crippen LogP contribution in [0.3, 0.4) is 0 Å². The van der Waals surface area contributed by atoms with Crippen LogP contribution in [0.25, 0.3) is 21.7 Å². The minimum absolute atomic E-state index is 0.117. The molecule has 7 heteroatoms. The Morgan fingerprint density at radius 1 is 1.17 bits per heavy atom. The van der Waals surface area contributed by atoms with E-state index in [1.165, 1.54) is 29.7 Å². The Kier molecular flexibility index (Phi) is 5.19. The quantitative estimate of drug-likeness (QED) is 0.432. The van der Waals surface area contributed by atoms with Crippen molar-refractivity contribution in [1.29, 1.82) is 0 Å². The molecule has 0 aliphatic heterocycles. The maximum Gasteiger partial charge on any atom is 0.263 e. The molecule has 2 heterocycles. The number of carbonyl (C=O) groups excluding carboxylic acids is 1. The van der Waals surface area contributed by atoms with Gasteiger partial charge in [-0.05, 0) is 42.9 Å². The monoisotopic (exact) mass is 418 g/mol. The van der Waals surface area contributed by atoms with Crippen LogP contribution in [-0.2, 0) is 6.42 Å². The molecule has 1 amide bonds. The van der Waals surface area contributed by atoms with E-state index in [1.807, 2.05) is 36.4 Å². The van der Waals surface area contributed by atoms with Gasteiger partial charge in [0.2, 0.25) is 0 Å². The number of benzene rings is 2. The Labute approximate surface area is 178 Å². The number of hydrogen-bond acceptors (Lipinski definition) is 6. The molecule has 1 saturated carbocycles. The van der Waals surface area contributed by atoms with Gasteiger partial charge >= 0.3 is 0 Å². The molecule has 1 aliphatic carbocycles. The van der Waals surface area contributed by atoms with Crippen molar-refractivity contribution in [3.63, 3.8) is 0 Å². The second-order valence-corrected chi connectivity index (χ2v) is 8.62. The fourth-order valence-corrected chi connectivity index (χ4v) is 4.15. The molecule has 6 nitrogen and oxygen atoms in total. The van der Waals surface area contributed by atoms with Gasteiger partial charge in [0, 0.05) is 24.8 Å². The molecule has 0 bridgehead atoms. The van der Waals surface area contributed by atoms with Gasteiger partial charge in [-0.3, -0.25) is 4.79 Å². The zero-order valence-electron chi connectivity index (χ0n) is 16.4. The third-order valence-corrected chi connectivity index (χ3v) is 6.24. The summed E-state index contributed by atoms with van der Waals surface area (Å²) in [5.74, 6) is 0.688. The average molecular weight is 419 g/mol. The summed E-state index contributed by atoms with van der Waals surface area (Å²) in [5, 5.41) is 12.2. The Morgan fingerprint density at radius 2 is 2.03 bits per heavy atom. The van der Waals surface area contributed by atoms with Crippen molar-refractivity contribution in [3.05, 3.63) is 65.2 Å². The van der Waals surface area contributed by atoms with E-state index in [0.717, 1.165) is 35.5 Å². The molecule has 1 aliphatic rings. The molecule has 0 radical (unpaired) electrons. The standard InChI is InChI=1S/C23H22N4O2S/c28-22(24-11-10-15-4-2-1-3-5-15)20-14-26-23(30-20)21-18-9-8-17(12-19(18)29-27-21)25-13-16-6-7-16/h1-5,8-9,12,14,16,25H,6-7,10-11,13H2,(H,24,28). The zero-order chi connectivity index (χ0) is 20.3. The first-order valence-corrected chi connectivity index (χ1v) is 11.0. The number of aromatic nitrogens is 2. The molecular weight excluding hydrogens is 396 g/mol. The molecule has 0 atom stereocenters. The normalized spacial score (nSPS) is 13.5. The van der Waals surface area contributed by atoms with E-state index in [0.29, 0.717) is 22.1 Å². The van der Waals surface area contributed by atoms with Crippen molar-refractivity contribution in [2.45, 2.75) is 19.3 Å². The fraction of sp³-hybridized carbons (Fsp3) is 0.261. The van der Waals surface area contributed by atoms with Gasteiger partial charge in [0.05, 0.1) is 11.6 Å². The number of amides is 1. The third kappa shape index (κ3) is 4.21. The van der Waals surface area contributed by atoms with Crippen molar-refractivity contribution in [3.8, 4) is 10.7 Å². The smallest absolute Gasteiger partial charge is 0.263 e. The van der Waals surface area contributed by atoms with Gasteiger partial charge in [0.1, 0.15) is 15.6 Å². The zero-order valence-corrected chi connectivity index (χ0v) is 17.2. The van der Waals surface area contributed by atoms with E-state index in [4.69, 9.17) is 4.52 Å². The second-order valence-electron chi connectivity index (χ2n) is 7.59. The van der Waals surface area contributed by atoms with Crippen LogP contribution in [0.15, 0.2) is 59.3 Å². The summed E-state index contributed by atoms with van der Waals surface area (Å²) in [6.07, 6.45) is 5.02. The lowest BCUT2D eigenvalue weighted by molar-refractivity contribution is 0.0958. The van der Waals surface area contributed by atoms with Crippen molar-refractivity contribution >= 4 is 33.9 Å².